The van der Waals surface area contributed by atoms with E-state index in [0.717, 1.165) is 12.8 Å². The lowest BCUT2D eigenvalue weighted by molar-refractivity contribution is -0.250. The molecular formula is C20H21F3O2. The third-order valence-electron chi connectivity index (χ3n) is 5.78. The van der Waals surface area contributed by atoms with Gasteiger partial charge in [-0.15, -0.1) is 0 Å². The van der Waals surface area contributed by atoms with Gasteiger partial charge < -0.3 is 9.84 Å². The van der Waals surface area contributed by atoms with E-state index in [1.165, 1.54) is 18.6 Å². The third-order valence-corrected chi connectivity index (χ3v) is 5.78. The molecule has 25 heavy (non-hydrogen) atoms. The Bertz CT molecular complexity index is 760. The molecule has 1 fully saturated rings. The zero-order chi connectivity index (χ0) is 17.9. The van der Waals surface area contributed by atoms with Crippen molar-refractivity contribution >= 4 is 5.57 Å². The van der Waals surface area contributed by atoms with Gasteiger partial charge in [-0.2, -0.15) is 13.2 Å². The number of rotatable bonds is 3. The molecule has 0 aromatic heterocycles. The van der Waals surface area contributed by atoms with Gasteiger partial charge in [-0.3, -0.25) is 0 Å². The fourth-order valence-corrected chi connectivity index (χ4v) is 4.03. The summed E-state index contributed by atoms with van der Waals surface area (Å²) >= 11 is 0. The maximum atomic E-state index is 13.9. The van der Waals surface area contributed by atoms with Crippen molar-refractivity contribution in [2.24, 2.45) is 5.92 Å². The van der Waals surface area contributed by atoms with Crippen LogP contribution in [0.2, 0.25) is 0 Å². The Morgan fingerprint density at radius 2 is 1.96 bits per heavy atom. The van der Waals surface area contributed by atoms with Crippen molar-refractivity contribution in [2.75, 3.05) is 6.61 Å². The summed E-state index contributed by atoms with van der Waals surface area (Å²) < 4.78 is 47.6. The van der Waals surface area contributed by atoms with E-state index in [1.54, 1.807) is 25.1 Å². The number of allylic oxidation sites excluding steroid dienone is 2. The van der Waals surface area contributed by atoms with Gasteiger partial charge in [0, 0.05) is 12.0 Å². The molecule has 134 valence electrons. The number of alkyl halides is 3. The summed E-state index contributed by atoms with van der Waals surface area (Å²) in [5.74, 6) is 0.503. The van der Waals surface area contributed by atoms with Crippen LogP contribution < -0.4 is 0 Å². The predicted octanol–water partition coefficient (Wildman–Crippen LogP) is 4.74. The average molecular weight is 350 g/mol. The van der Waals surface area contributed by atoms with Crippen molar-refractivity contribution in [2.45, 2.75) is 50.0 Å². The van der Waals surface area contributed by atoms with Crippen LogP contribution in [0.15, 0.2) is 42.0 Å². The van der Waals surface area contributed by atoms with E-state index in [9.17, 15) is 18.3 Å². The number of fused-ring (bicyclic) bond motifs is 2. The second-order valence-electron chi connectivity index (χ2n) is 7.58. The van der Waals surface area contributed by atoms with E-state index in [2.05, 4.69) is 0 Å². The van der Waals surface area contributed by atoms with Gasteiger partial charge in [-0.25, -0.2) is 0 Å². The second kappa shape index (κ2) is 5.45. The number of hydrogen-bond acceptors (Lipinski definition) is 2. The largest absolute Gasteiger partial charge is 0.425 e. The van der Waals surface area contributed by atoms with Crippen molar-refractivity contribution in [1.82, 2.24) is 0 Å². The molecule has 3 aliphatic rings. The van der Waals surface area contributed by atoms with Crippen molar-refractivity contribution in [3.63, 3.8) is 0 Å². The van der Waals surface area contributed by atoms with Gasteiger partial charge >= 0.3 is 6.18 Å². The number of hydrogen-bond donors (Lipinski definition) is 1. The lowest BCUT2D eigenvalue weighted by Crippen LogP contribution is -2.45. The summed E-state index contributed by atoms with van der Waals surface area (Å²) in [6.07, 6.45) is 2.21. The molecule has 5 heteroatoms. The summed E-state index contributed by atoms with van der Waals surface area (Å²) in [6, 6.07) is 6.22. The SMILES string of the molecule is CC1(OCC2CCC2)C=CC2=C(C1)C(O)(C(F)(F)F)c1ccccc12. The topological polar surface area (TPSA) is 29.5 Å². The molecule has 2 atom stereocenters. The van der Waals surface area contributed by atoms with Crippen LogP contribution in [-0.2, 0) is 10.3 Å². The molecule has 0 saturated heterocycles. The van der Waals surface area contributed by atoms with Gasteiger partial charge in [0.1, 0.15) is 0 Å². The second-order valence-corrected chi connectivity index (χ2v) is 7.58. The average Bonchev–Trinajstić information content (AvgIpc) is 2.76. The standard InChI is InChI=1S/C20H21F3O2/c1-18(25-12-13-5-4-6-13)10-9-15-14-7-2-3-8-16(14)19(24,17(15)11-18)20(21,22)23/h2-3,7-10,13,24H,4-6,11-12H2,1H3. The van der Waals surface area contributed by atoms with E-state index in [1.807, 2.05) is 6.08 Å². The monoisotopic (exact) mass is 350 g/mol. The van der Waals surface area contributed by atoms with Crippen LogP contribution in [0.5, 0.6) is 0 Å². The molecule has 1 aromatic rings. The molecule has 1 aromatic carbocycles. The molecule has 2 nitrogen and oxygen atoms in total. The first-order valence-corrected chi connectivity index (χ1v) is 8.70. The van der Waals surface area contributed by atoms with Gasteiger partial charge in [-0.1, -0.05) is 42.8 Å². The van der Waals surface area contributed by atoms with Crippen LogP contribution in [0.3, 0.4) is 0 Å². The molecule has 0 spiro atoms. The van der Waals surface area contributed by atoms with Crippen molar-refractivity contribution < 1.29 is 23.0 Å². The number of benzene rings is 1. The van der Waals surface area contributed by atoms with Crippen LogP contribution in [0.4, 0.5) is 13.2 Å². The lowest BCUT2D eigenvalue weighted by Gasteiger charge is -2.38. The summed E-state index contributed by atoms with van der Waals surface area (Å²) in [5.41, 5.74) is -2.92. The molecule has 0 heterocycles. The summed E-state index contributed by atoms with van der Waals surface area (Å²) in [4.78, 5) is 0. The van der Waals surface area contributed by atoms with Crippen LogP contribution in [0.1, 0.15) is 43.7 Å². The highest BCUT2D eigenvalue weighted by molar-refractivity contribution is 5.87. The van der Waals surface area contributed by atoms with E-state index >= 15 is 0 Å². The Hall–Kier alpha value is -1.59. The van der Waals surface area contributed by atoms with Crippen molar-refractivity contribution in [3.05, 3.63) is 53.1 Å². The zero-order valence-electron chi connectivity index (χ0n) is 14.1. The first kappa shape index (κ1) is 16.9. The summed E-state index contributed by atoms with van der Waals surface area (Å²) in [7, 11) is 0. The Balaban J connectivity index is 1.70. The fourth-order valence-electron chi connectivity index (χ4n) is 4.03. The quantitative estimate of drug-likeness (QED) is 0.853. The number of halogens is 3. The van der Waals surface area contributed by atoms with Gasteiger partial charge in [-0.05, 0) is 42.4 Å². The van der Waals surface area contributed by atoms with E-state index in [0.29, 0.717) is 23.7 Å². The Kier molecular flexibility index (Phi) is 3.68. The zero-order valence-corrected chi connectivity index (χ0v) is 14.1. The Morgan fingerprint density at radius 3 is 2.60 bits per heavy atom. The summed E-state index contributed by atoms with van der Waals surface area (Å²) in [5, 5.41) is 10.8. The fraction of sp³-hybridized carbons (Fsp3) is 0.500. The van der Waals surface area contributed by atoms with Crippen molar-refractivity contribution in [3.8, 4) is 0 Å². The molecule has 0 radical (unpaired) electrons. The highest BCUT2D eigenvalue weighted by Gasteiger charge is 2.62. The van der Waals surface area contributed by atoms with Crippen LogP contribution >= 0.6 is 0 Å². The lowest BCUT2D eigenvalue weighted by atomic mass is 9.80. The van der Waals surface area contributed by atoms with Gasteiger partial charge in [0.2, 0.25) is 5.60 Å². The van der Waals surface area contributed by atoms with Crippen LogP contribution in [0, 0.1) is 5.92 Å². The van der Waals surface area contributed by atoms with E-state index in [-0.39, 0.29) is 17.6 Å². The maximum absolute atomic E-state index is 13.9. The van der Waals surface area contributed by atoms with Crippen LogP contribution in [-0.4, -0.2) is 23.5 Å². The minimum atomic E-state index is -4.78. The third kappa shape index (κ3) is 2.48. The van der Waals surface area contributed by atoms with Crippen molar-refractivity contribution in [1.29, 1.82) is 0 Å². The Labute approximate surface area is 145 Å². The van der Waals surface area contributed by atoms with E-state index in [4.69, 9.17) is 4.74 Å². The molecule has 0 aliphatic heterocycles. The molecule has 0 amide bonds. The highest BCUT2D eigenvalue weighted by atomic mass is 19.4. The molecule has 3 aliphatic carbocycles. The molecule has 4 rings (SSSR count). The molecule has 1 saturated carbocycles. The van der Waals surface area contributed by atoms with Gasteiger partial charge in [0.05, 0.1) is 12.2 Å². The first-order valence-electron chi connectivity index (χ1n) is 8.70. The van der Waals surface area contributed by atoms with Crippen LogP contribution in [0.25, 0.3) is 5.57 Å². The van der Waals surface area contributed by atoms with Gasteiger partial charge in [0.15, 0.2) is 0 Å². The predicted molar refractivity (Wildman–Crippen MR) is 88.8 cm³/mol. The number of ether oxygens (including phenoxy) is 1. The smallest absolute Gasteiger partial charge is 0.372 e. The minimum absolute atomic E-state index is 0.000176. The normalized spacial score (nSPS) is 31.7. The van der Waals surface area contributed by atoms with E-state index < -0.39 is 17.4 Å². The summed E-state index contributed by atoms with van der Waals surface area (Å²) in [6.45, 7) is 2.35. The number of aliphatic hydroxyl groups is 1. The first-order chi connectivity index (χ1) is 11.7. The Morgan fingerprint density at radius 1 is 1.24 bits per heavy atom. The molecule has 0 bridgehead atoms. The minimum Gasteiger partial charge on any atom is -0.372 e. The highest BCUT2D eigenvalue weighted by Crippen LogP contribution is 2.57. The molecular weight excluding hydrogens is 329 g/mol. The molecule has 1 N–H and O–H groups in total. The maximum Gasteiger partial charge on any atom is 0.425 e. The molecule has 2 unspecified atom stereocenters. The van der Waals surface area contributed by atoms with Gasteiger partial charge in [0.25, 0.3) is 0 Å².